The highest BCUT2D eigenvalue weighted by molar-refractivity contribution is 9.10. The van der Waals surface area contributed by atoms with Gasteiger partial charge in [0.15, 0.2) is 11.5 Å². The molecule has 8 heteroatoms. The van der Waals surface area contributed by atoms with Gasteiger partial charge in [0.2, 0.25) is 0 Å². The summed E-state index contributed by atoms with van der Waals surface area (Å²) >= 11 is 3.46. The van der Waals surface area contributed by atoms with Crippen LogP contribution >= 0.6 is 15.9 Å². The molecule has 162 valence electrons. The number of benzene rings is 1. The van der Waals surface area contributed by atoms with Gasteiger partial charge in [-0.1, -0.05) is 28.1 Å². The number of aryl methyl sites for hydroxylation is 1. The average molecular weight is 491 g/mol. The molecule has 3 aromatic heterocycles. The molecule has 0 spiro atoms. The summed E-state index contributed by atoms with van der Waals surface area (Å²) < 4.78 is 4.71. The van der Waals surface area contributed by atoms with Crippen LogP contribution in [0, 0.1) is 0 Å². The van der Waals surface area contributed by atoms with Crippen molar-refractivity contribution in [2.24, 2.45) is 7.05 Å². The lowest BCUT2D eigenvalue weighted by atomic mass is 10.0. The van der Waals surface area contributed by atoms with E-state index in [0.29, 0.717) is 29.8 Å². The Morgan fingerprint density at radius 3 is 2.56 bits per heavy atom. The van der Waals surface area contributed by atoms with Crippen LogP contribution in [0.5, 0.6) is 0 Å². The molecule has 0 aliphatic heterocycles. The second-order valence-corrected chi connectivity index (χ2v) is 9.75. The molecule has 2 aliphatic rings. The van der Waals surface area contributed by atoms with Crippen LogP contribution in [-0.2, 0) is 13.6 Å². The van der Waals surface area contributed by atoms with Crippen LogP contribution in [0.25, 0.3) is 11.0 Å². The molecule has 0 atom stereocenters. The Kier molecular flexibility index (Phi) is 4.64. The van der Waals surface area contributed by atoms with Crippen LogP contribution in [0.15, 0.2) is 47.1 Å². The Hall–Kier alpha value is -3.00. The Labute approximate surface area is 194 Å². The summed E-state index contributed by atoms with van der Waals surface area (Å²) in [5.74, 6) is 1.28. The Morgan fingerprint density at radius 2 is 1.84 bits per heavy atom. The van der Waals surface area contributed by atoms with Crippen molar-refractivity contribution in [2.45, 2.75) is 44.1 Å². The molecule has 0 unspecified atom stereocenters. The fraction of sp³-hybridized carbons (Fsp3) is 0.333. The van der Waals surface area contributed by atoms with Gasteiger partial charge in [0, 0.05) is 41.3 Å². The second-order valence-electron chi connectivity index (χ2n) is 8.83. The summed E-state index contributed by atoms with van der Waals surface area (Å²) in [7, 11) is 1.92. The van der Waals surface area contributed by atoms with Gasteiger partial charge >= 0.3 is 0 Å². The third kappa shape index (κ3) is 3.72. The third-order valence-corrected chi connectivity index (χ3v) is 6.71. The van der Waals surface area contributed by atoms with Gasteiger partial charge in [-0.05, 0) is 49.4 Å². The zero-order valence-electron chi connectivity index (χ0n) is 17.8. The number of nitrogens with zero attached hydrogens (tertiary/aromatic N) is 5. The zero-order valence-corrected chi connectivity index (χ0v) is 19.3. The largest absolute Gasteiger partial charge is 0.305 e. The monoisotopic (exact) mass is 490 g/mol. The van der Waals surface area contributed by atoms with E-state index in [1.165, 1.54) is 0 Å². The highest BCUT2D eigenvalue weighted by atomic mass is 79.9. The quantitative estimate of drug-likeness (QED) is 0.413. The van der Waals surface area contributed by atoms with Gasteiger partial charge in [-0.15, -0.1) is 0 Å². The first-order valence-electron chi connectivity index (χ1n) is 11.0. The highest BCUT2D eigenvalue weighted by Crippen LogP contribution is 2.45. The van der Waals surface area contributed by atoms with E-state index in [0.717, 1.165) is 58.1 Å². The van der Waals surface area contributed by atoms with Gasteiger partial charge in [0.05, 0.1) is 23.2 Å². The number of anilines is 1. The normalized spacial score (nSPS) is 15.9. The van der Waals surface area contributed by atoms with Gasteiger partial charge < -0.3 is 5.32 Å². The van der Waals surface area contributed by atoms with Crippen LogP contribution < -0.4 is 5.32 Å². The molecule has 2 saturated carbocycles. The lowest BCUT2D eigenvalue weighted by molar-refractivity contribution is 0.102. The second kappa shape index (κ2) is 7.55. The van der Waals surface area contributed by atoms with Crippen LogP contribution in [-0.4, -0.2) is 30.5 Å². The number of hydrogen-bond acceptors (Lipinski definition) is 4. The van der Waals surface area contributed by atoms with E-state index in [1.54, 1.807) is 0 Å². The summed E-state index contributed by atoms with van der Waals surface area (Å²) in [6.07, 6.45) is 6.39. The van der Waals surface area contributed by atoms with Crippen molar-refractivity contribution in [3.63, 3.8) is 0 Å². The number of amides is 1. The third-order valence-electron chi connectivity index (χ3n) is 6.18. The van der Waals surface area contributed by atoms with E-state index < -0.39 is 0 Å². The van der Waals surface area contributed by atoms with E-state index in [1.807, 2.05) is 46.9 Å². The van der Waals surface area contributed by atoms with Gasteiger partial charge in [-0.2, -0.15) is 10.2 Å². The van der Waals surface area contributed by atoms with Crippen molar-refractivity contribution >= 4 is 38.7 Å². The molecule has 6 rings (SSSR count). The van der Waals surface area contributed by atoms with Crippen LogP contribution in [0.4, 0.5) is 5.82 Å². The maximum Gasteiger partial charge on any atom is 0.257 e. The molecule has 4 aromatic rings. The fourth-order valence-corrected chi connectivity index (χ4v) is 4.45. The number of carbonyl (C=O) groups excluding carboxylic acids is 1. The van der Waals surface area contributed by atoms with E-state index >= 15 is 0 Å². The first-order chi connectivity index (χ1) is 15.5. The smallest absolute Gasteiger partial charge is 0.257 e. The predicted molar refractivity (Wildman–Crippen MR) is 126 cm³/mol. The zero-order chi connectivity index (χ0) is 21.8. The fourth-order valence-electron chi connectivity index (χ4n) is 4.18. The molecule has 32 heavy (non-hydrogen) atoms. The lowest BCUT2D eigenvalue weighted by Crippen LogP contribution is -2.14. The van der Waals surface area contributed by atoms with Crippen LogP contribution in [0.1, 0.15) is 64.8 Å². The van der Waals surface area contributed by atoms with E-state index in [9.17, 15) is 4.79 Å². The van der Waals surface area contributed by atoms with Crippen molar-refractivity contribution < 1.29 is 4.79 Å². The van der Waals surface area contributed by atoms with Crippen molar-refractivity contribution in [3.8, 4) is 0 Å². The summed E-state index contributed by atoms with van der Waals surface area (Å²) in [5, 5.41) is 13.2. The number of nitrogens with one attached hydrogen (secondary N) is 1. The maximum atomic E-state index is 13.4. The minimum absolute atomic E-state index is 0.150. The van der Waals surface area contributed by atoms with Crippen molar-refractivity contribution in [1.82, 2.24) is 24.5 Å². The molecular weight excluding hydrogens is 468 g/mol. The molecule has 1 aromatic carbocycles. The minimum atomic E-state index is -0.150. The van der Waals surface area contributed by atoms with Gasteiger partial charge in [-0.25, -0.2) is 4.98 Å². The van der Waals surface area contributed by atoms with Crippen LogP contribution in [0.3, 0.4) is 0 Å². The van der Waals surface area contributed by atoms with Gasteiger partial charge in [0.1, 0.15) is 0 Å². The topological polar surface area (TPSA) is 77.6 Å². The summed E-state index contributed by atoms with van der Waals surface area (Å²) in [5.41, 5.74) is 4.61. The molecular formula is C24H23BrN6O. The number of fused-ring (bicyclic) bond motifs is 1. The Bertz CT molecular complexity index is 1330. The van der Waals surface area contributed by atoms with Crippen molar-refractivity contribution in [3.05, 3.63) is 69.6 Å². The average Bonchev–Trinajstić information content (AvgIpc) is 3.71. The summed E-state index contributed by atoms with van der Waals surface area (Å²) in [6, 6.07) is 11.9. The van der Waals surface area contributed by atoms with Gasteiger partial charge in [0.25, 0.3) is 5.91 Å². The lowest BCUT2D eigenvalue weighted by Gasteiger charge is -2.08. The van der Waals surface area contributed by atoms with Crippen LogP contribution in [0.2, 0.25) is 0 Å². The summed E-state index contributed by atoms with van der Waals surface area (Å²) in [6.45, 7) is 0.642. The molecule has 2 fully saturated rings. The molecule has 0 bridgehead atoms. The Morgan fingerprint density at radius 1 is 1.09 bits per heavy atom. The standard InChI is InChI=1S/C24H23BrN6O/c1-30-23-21(22(29-30)16-6-7-16)18(12-19(26-23)15-4-5-15)24(32)27-20-10-11-31(28-20)13-14-2-8-17(25)9-3-14/h2-3,8-12,15-16H,4-7,13H2,1H3,(H,27,28,32). The molecule has 0 radical (unpaired) electrons. The molecule has 1 N–H and O–H groups in total. The van der Waals surface area contributed by atoms with Crippen molar-refractivity contribution in [2.75, 3.05) is 5.32 Å². The molecule has 3 heterocycles. The van der Waals surface area contributed by atoms with E-state index in [4.69, 9.17) is 10.1 Å². The van der Waals surface area contributed by atoms with Crippen molar-refractivity contribution in [1.29, 1.82) is 0 Å². The first kappa shape index (κ1) is 19.7. The van der Waals surface area contributed by atoms with E-state index in [-0.39, 0.29) is 5.91 Å². The minimum Gasteiger partial charge on any atom is -0.305 e. The number of carbonyl (C=O) groups is 1. The molecule has 2 aliphatic carbocycles. The first-order valence-corrected chi connectivity index (χ1v) is 11.8. The number of rotatable bonds is 6. The number of pyridine rings is 1. The molecule has 1 amide bonds. The predicted octanol–water partition coefficient (Wildman–Crippen LogP) is 4.98. The van der Waals surface area contributed by atoms with Gasteiger partial charge in [-0.3, -0.25) is 14.2 Å². The SMILES string of the molecule is Cn1nc(C2CC2)c2c(C(=O)Nc3ccn(Cc4ccc(Br)cc4)n3)cc(C3CC3)nc21. The number of aromatic nitrogens is 5. The number of hydrogen-bond donors (Lipinski definition) is 1. The summed E-state index contributed by atoms with van der Waals surface area (Å²) in [4.78, 5) is 18.3. The number of halogens is 1. The maximum absolute atomic E-state index is 13.4. The highest BCUT2D eigenvalue weighted by Gasteiger charge is 2.33. The molecule has 7 nitrogen and oxygen atoms in total. The molecule has 0 saturated heterocycles. The van der Waals surface area contributed by atoms with E-state index in [2.05, 4.69) is 38.5 Å². The Balaban J connectivity index is 1.30.